The largest absolute Gasteiger partial charge is 0.480 e. The molecule has 0 aromatic carbocycles. The number of cyclic esters (lactones) is 1. The lowest BCUT2D eigenvalue weighted by molar-refractivity contribution is -0.142. The molecule has 1 aliphatic rings. The van der Waals surface area contributed by atoms with E-state index < -0.39 is 24.2 Å². The van der Waals surface area contributed by atoms with Crippen LogP contribution in [0.2, 0.25) is 0 Å². The van der Waals surface area contributed by atoms with E-state index in [1.165, 1.54) is 7.05 Å². The van der Waals surface area contributed by atoms with Gasteiger partial charge < -0.3 is 9.84 Å². The van der Waals surface area contributed by atoms with E-state index in [0.717, 1.165) is 4.90 Å². The molecule has 1 fully saturated rings. The molecule has 5 nitrogen and oxygen atoms in total. The number of aliphatic carboxylic acids is 1. The Morgan fingerprint density at radius 2 is 2.33 bits per heavy atom. The Morgan fingerprint density at radius 3 is 2.87 bits per heavy atom. The Kier molecular flexibility index (Phi) is 3.71. The molecule has 0 bridgehead atoms. The molecule has 5 heteroatoms. The first-order valence-corrected chi connectivity index (χ1v) is 4.85. The Morgan fingerprint density at radius 1 is 1.67 bits per heavy atom. The summed E-state index contributed by atoms with van der Waals surface area (Å²) in [5.41, 5.74) is 0. The second-order valence-corrected chi connectivity index (χ2v) is 3.46. The molecule has 1 saturated heterocycles. The number of likely N-dealkylation sites (N-methyl/N-ethyl adjacent to an activating group) is 1. The number of allylic oxidation sites excluding steroid dienone is 2. The number of carbonyl (C=O) groups excluding carboxylic acids is 1. The number of ether oxygens (including phenoxy) is 1. The summed E-state index contributed by atoms with van der Waals surface area (Å²) in [4.78, 5) is 23.2. The molecule has 2 unspecified atom stereocenters. The van der Waals surface area contributed by atoms with Crippen molar-refractivity contribution in [3.05, 3.63) is 12.2 Å². The molecule has 1 N–H and O–H groups in total. The van der Waals surface area contributed by atoms with Gasteiger partial charge >= 0.3 is 12.1 Å². The van der Waals surface area contributed by atoms with E-state index >= 15 is 0 Å². The average molecular weight is 213 g/mol. The number of carbonyl (C=O) groups is 2. The first-order valence-electron chi connectivity index (χ1n) is 4.85. The van der Waals surface area contributed by atoms with Gasteiger partial charge in [0.15, 0.2) is 6.04 Å². The van der Waals surface area contributed by atoms with Crippen molar-refractivity contribution in [3.8, 4) is 0 Å². The van der Waals surface area contributed by atoms with Gasteiger partial charge in [0.25, 0.3) is 0 Å². The summed E-state index contributed by atoms with van der Waals surface area (Å²) in [5.74, 6) is -1.02. The van der Waals surface area contributed by atoms with Crippen LogP contribution in [0.15, 0.2) is 12.2 Å². The fourth-order valence-corrected chi connectivity index (χ4v) is 1.61. The number of carboxylic acids is 1. The third kappa shape index (κ3) is 2.49. The summed E-state index contributed by atoms with van der Waals surface area (Å²) in [6.45, 7) is 1.89. The van der Waals surface area contributed by atoms with Crippen molar-refractivity contribution in [1.29, 1.82) is 0 Å². The fraction of sp³-hybridized carbons (Fsp3) is 0.600. The zero-order valence-electron chi connectivity index (χ0n) is 8.84. The lowest BCUT2D eigenvalue weighted by atomic mass is 10.1. The fourth-order valence-electron chi connectivity index (χ4n) is 1.61. The van der Waals surface area contributed by atoms with E-state index in [2.05, 4.69) is 0 Å². The van der Waals surface area contributed by atoms with Gasteiger partial charge in [-0.2, -0.15) is 0 Å². The SMILES string of the molecule is C/C=C/CCC1OC(=O)N(C)C1C(=O)O. The minimum Gasteiger partial charge on any atom is -0.480 e. The first kappa shape index (κ1) is 11.6. The summed E-state index contributed by atoms with van der Waals surface area (Å²) in [6, 6.07) is -0.859. The molecule has 0 aromatic rings. The molecule has 1 heterocycles. The molecule has 0 radical (unpaired) electrons. The number of hydrogen-bond acceptors (Lipinski definition) is 3. The lowest BCUT2D eigenvalue weighted by Crippen LogP contribution is -2.40. The van der Waals surface area contributed by atoms with Crippen LogP contribution in [-0.2, 0) is 9.53 Å². The Balaban J connectivity index is 2.62. The number of carboxylic acid groups (broad SMARTS) is 1. The van der Waals surface area contributed by atoms with E-state index in [1.54, 1.807) is 0 Å². The zero-order valence-corrected chi connectivity index (χ0v) is 8.84. The summed E-state index contributed by atoms with van der Waals surface area (Å²) < 4.78 is 4.97. The van der Waals surface area contributed by atoms with Crippen molar-refractivity contribution in [1.82, 2.24) is 4.90 Å². The molecule has 1 aliphatic heterocycles. The maximum atomic E-state index is 11.2. The van der Waals surface area contributed by atoms with Crippen molar-refractivity contribution >= 4 is 12.1 Å². The Labute approximate surface area is 88.3 Å². The van der Waals surface area contributed by atoms with Crippen LogP contribution in [-0.4, -0.2) is 41.3 Å². The van der Waals surface area contributed by atoms with Crippen LogP contribution in [0.4, 0.5) is 4.79 Å². The van der Waals surface area contributed by atoms with Gasteiger partial charge in [-0.15, -0.1) is 0 Å². The maximum Gasteiger partial charge on any atom is 0.410 e. The van der Waals surface area contributed by atoms with Crippen LogP contribution in [0.1, 0.15) is 19.8 Å². The molecular formula is C10H15NO4. The van der Waals surface area contributed by atoms with Crippen LogP contribution in [0.5, 0.6) is 0 Å². The quantitative estimate of drug-likeness (QED) is 0.713. The van der Waals surface area contributed by atoms with E-state index in [1.807, 2.05) is 19.1 Å². The summed E-state index contributed by atoms with van der Waals surface area (Å²) in [5, 5.41) is 8.94. The van der Waals surface area contributed by atoms with Gasteiger partial charge in [-0.3, -0.25) is 4.90 Å². The smallest absolute Gasteiger partial charge is 0.410 e. The molecule has 1 rings (SSSR count). The van der Waals surface area contributed by atoms with Gasteiger partial charge in [0.1, 0.15) is 6.10 Å². The van der Waals surface area contributed by atoms with Crippen molar-refractivity contribution in [2.24, 2.45) is 0 Å². The molecule has 84 valence electrons. The monoisotopic (exact) mass is 213 g/mol. The number of hydrogen-bond donors (Lipinski definition) is 1. The molecule has 0 aromatic heterocycles. The van der Waals surface area contributed by atoms with E-state index in [4.69, 9.17) is 9.84 Å². The maximum absolute atomic E-state index is 11.2. The molecule has 0 saturated carbocycles. The Hall–Kier alpha value is -1.52. The van der Waals surface area contributed by atoms with Gasteiger partial charge in [-0.25, -0.2) is 9.59 Å². The van der Waals surface area contributed by atoms with Crippen molar-refractivity contribution < 1.29 is 19.4 Å². The zero-order chi connectivity index (χ0) is 11.4. The third-order valence-electron chi connectivity index (χ3n) is 2.42. The van der Waals surface area contributed by atoms with Crippen molar-refractivity contribution in [2.45, 2.75) is 31.9 Å². The molecule has 15 heavy (non-hydrogen) atoms. The predicted molar refractivity (Wildman–Crippen MR) is 53.5 cm³/mol. The summed E-state index contributed by atoms with van der Waals surface area (Å²) in [7, 11) is 1.44. The standard InChI is InChI=1S/C10H15NO4/c1-3-4-5-6-7-8(9(12)13)11(2)10(14)15-7/h3-4,7-8H,5-6H2,1-2H3,(H,12,13)/b4-3+. The second-order valence-electron chi connectivity index (χ2n) is 3.46. The molecular weight excluding hydrogens is 198 g/mol. The van der Waals surface area contributed by atoms with Crippen LogP contribution in [0.25, 0.3) is 0 Å². The minimum atomic E-state index is -1.02. The first-order chi connectivity index (χ1) is 7.07. The van der Waals surface area contributed by atoms with Crippen molar-refractivity contribution in [3.63, 3.8) is 0 Å². The summed E-state index contributed by atoms with van der Waals surface area (Å²) >= 11 is 0. The van der Waals surface area contributed by atoms with Gasteiger partial charge in [0.2, 0.25) is 0 Å². The topological polar surface area (TPSA) is 66.8 Å². The Bertz CT molecular complexity index is 287. The summed E-state index contributed by atoms with van der Waals surface area (Å²) in [6.07, 6.45) is 3.95. The second kappa shape index (κ2) is 4.82. The average Bonchev–Trinajstić information content (AvgIpc) is 2.43. The highest BCUT2D eigenvalue weighted by atomic mass is 16.6. The number of nitrogens with zero attached hydrogens (tertiary/aromatic N) is 1. The normalized spacial score (nSPS) is 26.0. The van der Waals surface area contributed by atoms with Gasteiger partial charge in [0, 0.05) is 7.05 Å². The minimum absolute atomic E-state index is 0.539. The van der Waals surface area contributed by atoms with Crippen LogP contribution in [0, 0.1) is 0 Å². The van der Waals surface area contributed by atoms with Crippen molar-refractivity contribution in [2.75, 3.05) is 7.05 Å². The molecule has 0 aliphatic carbocycles. The highest BCUT2D eigenvalue weighted by Gasteiger charge is 2.43. The molecule has 2 atom stereocenters. The number of rotatable bonds is 4. The highest BCUT2D eigenvalue weighted by Crippen LogP contribution is 2.21. The van der Waals surface area contributed by atoms with Gasteiger partial charge in [-0.05, 0) is 19.8 Å². The lowest BCUT2D eigenvalue weighted by Gasteiger charge is -2.15. The highest BCUT2D eigenvalue weighted by molar-refractivity contribution is 5.83. The van der Waals surface area contributed by atoms with Gasteiger partial charge in [-0.1, -0.05) is 12.2 Å². The van der Waals surface area contributed by atoms with Gasteiger partial charge in [0.05, 0.1) is 0 Å². The van der Waals surface area contributed by atoms with E-state index in [-0.39, 0.29) is 0 Å². The van der Waals surface area contributed by atoms with E-state index in [0.29, 0.717) is 12.8 Å². The van der Waals surface area contributed by atoms with Crippen LogP contribution < -0.4 is 0 Å². The number of amides is 1. The van der Waals surface area contributed by atoms with Crippen LogP contribution >= 0.6 is 0 Å². The molecule has 0 spiro atoms. The third-order valence-corrected chi connectivity index (χ3v) is 2.42. The van der Waals surface area contributed by atoms with E-state index in [9.17, 15) is 9.59 Å². The predicted octanol–water partition coefficient (Wildman–Crippen LogP) is 1.25. The molecule has 1 amide bonds. The van der Waals surface area contributed by atoms with Crippen LogP contribution in [0.3, 0.4) is 0 Å².